The fourth-order valence-corrected chi connectivity index (χ4v) is 4.04. The predicted molar refractivity (Wildman–Crippen MR) is 120 cm³/mol. The minimum atomic E-state index is -0.721. The number of aromatic hydroxyl groups is 1. The molecular weight excluding hydrogens is 426 g/mol. The zero-order chi connectivity index (χ0) is 23.4. The molecule has 1 atom stereocenters. The summed E-state index contributed by atoms with van der Waals surface area (Å²) in [6, 6.07) is 10.5. The first-order chi connectivity index (χ1) is 16.0. The maximum Gasteiger partial charge on any atom is 0.306 e. The molecule has 1 saturated heterocycles. The first-order valence-corrected chi connectivity index (χ1v) is 10.7. The highest BCUT2D eigenvalue weighted by Gasteiger charge is 2.27. The minimum Gasteiger partial charge on any atom is -0.502 e. The van der Waals surface area contributed by atoms with E-state index >= 15 is 0 Å². The normalized spacial score (nSPS) is 15.4. The topological polar surface area (TPSA) is 113 Å². The van der Waals surface area contributed by atoms with Crippen molar-refractivity contribution in [2.24, 2.45) is 0 Å². The number of amides is 1. The first kappa shape index (κ1) is 22.5. The third-order valence-electron chi connectivity index (χ3n) is 5.88. The number of piperazine rings is 1. The van der Waals surface area contributed by atoms with Gasteiger partial charge in [0.1, 0.15) is 5.76 Å². The molecule has 2 aromatic heterocycles. The number of rotatable bonds is 7. The third-order valence-corrected chi connectivity index (χ3v) is 5.88. The molecule has 0 aliphatic carbocycles. The molecule has 1 fully saturated rings. The van der Waals surface area contributed by atoms with Crippen LogP contribution in [0.5, 0.6) is 5.75 Å². The second kappa shape index (κ2) is 9.83. The standard InChI is InChI=1S/C24H25N3O6/c1-32-22(30)13-19(16-4-5-20-17(11-16)3-2-6-25-20)24-23(31)21(29)12-18(33-24)14-26-7-9-27(15-28)10-8-26/h2-6,11-12,15,19,31H,7-10,13-14H2,1H3/t19-/m1/s1. The highest BCUT2D eigenvalue weighted by atomic mass is 16.5. The van der Waals surface area contributed by atoms with Crippen LogP contribution in [-0.2, 0) is 20.9 Å². The van der Waals surface area contributed by atoms with E-state index in [1.165, 1.54) is 13.2 Å². The van der Waals surface area contributed by atoms with Gasteiger partial charge < -0.3 is 19.2 Å². The summed E-state index contributed by atoms with van der Waals surface area (Å²) in [6.07, 6.45) is 2.41. The Bertz CT molecular complexity index is 1220. The Balaban J connectivity index is 1.70. The van der Waals surface area contributed by atoms with E-state index in [-0.39, 0.29) is 12.2 Å². The number of pyridine rings is 1. The number of methoxy groups -OCH3 is 1. The van der Waals surface area contributed by atoms with Crippen LogP contribution in [0.3, 0.4) is 0 Å². The molecule has 1 amide bonds. The van der Waals surface area contributed by atoms with Gasteiger partial charge >= 0.3 is 5.97 Å². The number of aromatic nitrogens is 1. The zero-order valence-electron chi connectivity index (χ0n) is 18.3. The Labute approximate surface area is 190 Å². The molecule has 172 valence electrons. The molecule has 1 N–H and O–H groups in total. The van der Waals surface area contributed by atoms with Crippen molar-refractivity contribution in [1.82, 2.24) is 14.8 Å². The van der Waals surface area contributed by atoms with Crippen LogP contribution in [0.4, 0.5) is 0 Å². The van der Waals surface area contributed by atoms with Gasteiger partial charge in [-0.3, -0.25) is 24.3 Å². The summed E-state index contributed by atoms with van der Waals surface area (Å²) >= 11 is 0. The Morgan fingerprint density at radius 2 is 2.03 bits per heavy atom. The molecular formula is C24H25N3O6. The molecule has 1 aliphatic heterocycles. The average molecular weight is 451 g/mol. The van der Waals surface area contributed by atoms with Crippen LogP contribution in [0, 0.1) is 0 Å². The van der Waals surface area contributed by atoms with E-state index in [9.17, 15) is 19.5 Å². The number of nitrogens with zero attached hydrogens (tertiary/aromatic N) is 3. The van der Waals surface area contributed by atoms with Crippen molar-refractivity contribution in [2.45, 2.75) is 18.9 Å². The highest BCUT2D eigenvalue weighted by molar-refractivity contribution is 5.80. The highest BCUT2D eigenvalue weighted by Crippen LogP contribution is 2.34. The fourth-order valence-electron chi connectivity index (χ4n) is 4.04. The molecule has 1 aliphatic rings. The van der Waals surface area contributed by atoms with Crippen molar-refractivity contribution >= 4 is 23.3 Å². The van der Waals surface area contributed by atoms with Gasteiger partial charge in [-0.05, 0) is 23.8 Å². The summed E-state index contributed by atoms with van der Waals surface area (Å²) < 4.78 is 10.9. The molecule has 1 aromatic carbocycles. The van der Waals surface area contributed by atoms with Crippen LogP contribution in [-0.4, -0.2) is 65.6 Å². The van der Waals surface area contributed by atoms with Gasteiger partial charge in [-0.25, -0.2) is 0 Å². The van der Waals surface area contributed by atoms with E-state index in [0.29, 0.717) is 44.0 Å². The van der Waals surface area contributed by atoms with Crippen molar-refractivity contribution in [3.63, 3.8) is 0 Å². The smallest absolute Gasteiger partial charge is 0.306 e. The molecule has 33 heavy (non-hydrogen) atoms. The summed E-state index contributed by atoms with van der Waals surface area (Å²) in [5.74, 6) is -1.34. The lowest BCUT2D eigenvalue weighted by Gasteiger charge is -2.32. The fraction of sp³-hybridized carbons (Fsp3) is 0.333. The quantitative estimate of drug-likeness (QED) is 0.428. The van der Waals surface area contributed by atoms with Crippen LogP contribution < -0.4 is 5.43 Å². The minimum absolute atomic E-state index is 0.0256. The number of carbonyl (C=O) groups excluding carboxylic acids is 2. The molecule has 3 heterocycles. The Hall–Kier alpha value is -3.72. The van der Waals surface area contributed by atoms with Crippen molar-refractivity contribution < 1.29 is 23.8 Å². The van der Waals surface area contributed by atoms with Crippen LogP contribution in [0.25, 0.3) is 10.9 Å². The van der Waals surface area contributed by atoms with Gasteiger partial charge in [-0.15, -0.1) is 0 Å². The first-order valence-electron chi connectivity index (χ1n) is 10.7. The number of benzene rings is 1. The monoisotopic (exact) mass is 451 g/mol. The molecule has 3 aromatic rings. The number of hydrogen-bond acceptors (Lipinski definition) is 8. The summed E-state index contributed by atoms with van der Waals surface area (Å²) in [7, 11) is 1.29. The summed E-state index contributed by atoms with van der Waals surface area (Å²) in [5, 5.41) is 11.5. The lowest BCUT2D eigenvalue weighted by atomic mass is 9.91. The molecule has 0 bridgehead atoms. The van der Waals surface area contributed by atoms with Crippen molar-refractivity contribution in [2.75, 3.05) is 33.3 Å². The maximum atomic E-state index is 12.6. The molecule has 9 heteroatoms. The third kappa shape index (κ3) is 5.04. The van der Waals surface area contributed by atoms with Crippen molar-refractivity contribution in [3.05, 3.63) is 69.9 Å². The zero-order valence-corrected chi connectivity index (χ0v) is 18.3. The van der Waals surface area contributed by atoms with E-state index in [1.807, 2.05) is 24.3 Å². The maximum absolute atomic E-state index is 12.6. The molecule has 9 nitrogen and oxygen atoms in total. The van der Waals surface area contributed by atoms with E-state index in [4.69, 9.17) is 9.15 Å². The molecule has 0 spiro atoms. The number of hydrogen-bond donors (Lipinski definition) is 1. The Kier molecular flexibility index (Phi) is 6.69. The Morgan fingerprint density at radius 1 is 1.24 bits per heavy atom. The van der Waals surface area contributed by atoms with Gasteiger partial charge in [-0.2, -0.15) is 0 Å². The lowest BCUT2D eigenvalue weighted by molar-refractivity contribution is -0.141. The average Bonchev–Trinajstić information content (AvgIpc) is 2.84. The van der Waals surface area contributed by atoms with E-state index in [2.05, 4.69) is 9.88 Å². The summed E-state index contributed by atoms with van der Waals surface area (Å²) in [5.41, 5.74) is 0.901. The second-order valence-electron chi connectivity index (χ2n) is 8.00. The van der Waals surface area contributed by atoms with Gasteiger partial charge in [0.25, 0.3) is 0 Å². The number of carbonyl (C=O) groups is 2. The van der Waals surface area contributed by atoms with Gasteiger partial charge in [-0.1, -0.05) is 12.1 Å². The SMILES string of the molecule is COC(=O)C[C@H](c1ccc2ncccc2c1)c1oc(CN2CCN(C=O)CC2)cc(=O)c1O. The van der Waals surface area contributed by atoms with Gasteiger partial charge in [0, 0.05) is 43.8 Å². The summed E-state index contributed by atoms with van der Waals surface area (Å²) in [4.78, 5) is 43.8. The van der Waals surface area contributed by atoms with Gasteiger partial charge in [0.2, 0.25) is 17.6 Å². The van der Waals surface area contributed by atoms with Crippen LogP contribution in [0.15, 0.2) is 51.8 Å². The number of esters is 1. The van der Waals surface area contributed by atoms with Gasteiger partial charge in [0.15, 0.2) is 5.76 Å². The largest absolute Gasteiger partial charge is 0.502 e. The van der Waals surface area contributed by atoms with Crippen LogP contribution in [0.2, 0.25) is 0 Å². The lowest BCUT2D eigenvalue weighted by Crippen LogP contribution is -2.45. The van der Waals surface area contributed by atoms with Crippen LogP contribution >= 0.6 is 0 Å². The number of fused-ring (bicyclic) bond motifs is 1. The second-order valence-corrected chi connectivity index (χ2v) is 8.00. The number of ether oxygens (including phenoxy) is 1. The molecule has 0 unspecified atom stereocenters. The van der Waals surface area contributed by atoms with Gasteiger partial charge in [0.05, 0.1) is 31.5 Å². The summed E-state index contributed by atoms with van der Waals surface area (Å²) in [6.45, 7) is 2.81. The van der Waals surface area contributed by atoms with Crippen LogP contribution in [0.1, 0.15) is 29.4 Å². The van der Waals surface area contributed by atoms with Crippen molar-refractivity contribution in [3.8, 4) is 5.75 Å². The van der Waals surface area contributed by atoms with E-state index < -0.39 is 23.1 Å². The molecule has 0 radical (unpaired) electrons. The Morgan fingerprint density at radius 3 is 2.76 bits per heavy atom. The van der Waals surface area contributed by atoms with E-state index in [0.717, 1.165) is 17.3 Å². The predicted octanol–water partition coefficient (Wildman–Crippen LogP) is 1.86. The van der Waals surface area contributed by atoms with Crippen molar-refractivity contribution in [1.29, 1.82) is 0 Å². The van der Waals surface area contributed by atoms with E-state index in [1.54, 1.807) is 17.2 Å². The molecule has 0 saturated carbocycles. The molecule has 4 rings (SSSR count).